The van der Waals surface area contributed by atoms with E-state index in [2.05, 4.69) is 39.1 Å². The van der Waals surface area contributed by atoms with Crippen LogP contribution in [0.25, 0.3) is 0 Å². The highest BCUT2D eigenvalue weighted by Gasteiger charge is 2.29. The zero-order valence-electron chi connectivity index (χ0n) is 16.2. The van der Waals surface area contributed by atoms with Crippen LogP contribution in [0, 0.1) is 5.92 Å². The fourth-order valence-electron chi connectivity index (χ4n) is 4.14. The maximum atomic E-state index is 5.99. The van der Waals surface area contributed by atoms with Gasteiger partial charge in [0.05, 0.1) is 18.2 Å². The normalized spacial score (nSPS) is 26.3. The predicted molar refractivity (Wildman–Crippen MR) is 104 cm³/mol. The number of ether oxygens (including phenoxy) is 1. The Morgan fingerprint density at radius 1 is 1.26 bits per heavy atom. The van der Waals surface area contributed by atoms with Crippen LogP contribution in [0.15, 0.2) is 24.9 Å². The minimum absolute atomic E-state index is 0.226. The molecule has 4 rings (SSSR count). The molecule has 0 bridgehead atoms. The minimum Gasteiger partial charge on any atom is -0.376 e. The topological polar surface area (TPSA) is 81.0 Å². The lowest BCUT2D eigenvalue weighted by Crippen LogP contribution is -2.43. The van der Waals surface area contributed by atoms with E-state index in [4.69, 9.17) is 9.72 Å². The molecular formula is C19H29N7O. The van der Waals surface area contributed by atoms with E-state index in [-0.39, 0.29) is 6.10 Å². The maximum Gasteiger partial charge on any atom is 0.227 e. The van der Waals surface area contributed by atoms with Gasteiger partial charge >= 0.3 is 0 Å². The number of hydrogen-bond acceptors (Lipinski definition) is 7. The number of aromatic nitrogens is 5. The van der Waals surface area contributed by atoms with Crippen LogP contribution in [0.2, 0.25) is 0 Å². The highest BCUT2D eigenvalue weighted by atomic mass is 16.5. The van der Waals surface area contributed by atoms with Gasteiger partial charge in [-0.2, -0.15) is 10.1 Å². The third-order valence-electron chi connectivity index (χ3n) is 5.49. The first-order valence-electron chi connectivity index (χ1n) is 10.0. The molecule has 2 aliphatic rings. The van der Waals surface area contributed by atoms with E-state index >= 15 is 0 Å². The number of anilines is 2. The van der Waals surface area contributed by atoms with E-state index in [0.29, 0.717) is 18.0 Å². The number of rotatable bonds is 5. The van der Waals surface area contributed by atoms with Crippen LogP contribution in [0.1, 0.15) is 45.6 Å². The number of piperidine rings is 1. The summed E-state index contributed by atoms with van der Waals surface area (Å²) in [6.45, 7) is 7.11. The summed E-state index contributed by atoms with van der Waals surface area (Å²) in [6, 6.07) is 2.57. The van der Waals surface area contributed by atoms with Crippen molar-refractivity contribution in [1.29, 1.82) is 0 Å². The van der Waals surface area contributed by atoms with Gasteiger partial charge in [-0.3, -0.25) is 0 Å². The van der Waals surface area contributed by atoms with Crippen molar-refractivity contribution in [2.45, 2.75) is 57.7 Å². The second-order valence-corrected chi connectivity index (χ2v) is 7.83. The molecule has 1 N–H and O–H groups in total. The summed E-state index contributed by atoms with van der Waals surface area (Å²) < 4.78 is 7.94. The molecule has 3 unspecified atom stereocenters. The van der Waals surface area contributed by atoms with Crippen molar-refractivity contribution in [2.24, 2.45) is 5.92 Å². The summed E-state index contributed by atoms with van der Waals surface area (Å²) in [6.07, 6.45) is 9.86. The van der Waals surface area contributed by atoms with Crippen molar-refractivity contribution >= 4 is 11.8 Å². The van der Waals surface area contributed by atoms with Crippen LogP contribution in [0.5, 0.6) is 0 Å². The Bertz CT molecular complexity index is 721. The summed E-state index contributed by atoms with van der Waals surface area (Å²) in [7, 11) is 0. The van der Waals surface area contributed by atoms with Crippen LogP contribution in [0.3, 0.4) is 0 Å². The van der Waals surface area contributed by atoms with Crippen molar-refractivity contribution in [2.75, 3.05) is 29.9 Å². The van der Waals surface area contributed by atoms with E-state index in [9.17, 15) is 0 Å². The Morgan fingerprint density at radius 3 is 3.00 bits per heavy atom. The lowest BCUT2D eigenvalue weighted by molar-refractivity contribution is -0.0203. The van der Waals surface area contributed by atoms with Gasteiger partial charge in [0.2, 0.25) is 5.95 Å². The summed E-state index contributed by atoms with van der Waals surface area (Å²) in [4.78, 5) is 15.7. The molecule has 2 aliphatic heterocycles. The quantitative estimate of drug-likeness (QED) is 0.865. The zero-order valence-corrected chi connectivity index (χ0v) is 16.2. The molecule has 2 aromatic heterocycles. The highest BCUT2D eigenvalue weighted by molar-refractivity contribution is 5.42. The molecule has 2 fully saturated rings. The molecule has 2 aromatic rings. The van der Waals surface area contributed by atoms with Gasteiger partial charge in [-0.05, 0) is 37.7 Å². The van der Waals surface area contributed by atoms with Crippen LogP contribution in [0.4, 0.5) is 11.8 Å². The third-order valence-corrected chi connectivity index (χ3v) is 5.49. The van der Waals surface area contributed by atoms with Gasteiger partial charge < -0.3 is 15.0 Å². The van der Waals surface area contributed by atoms with E-state index in [0.717, 1.165) is 57.1 Å². The van der Waals surface area contributed by atoms with Crippen molar-refractivity contribution in [1.82, 2.24) is 24.7 Å². The SMILES string of the molecule is CC(C)C1OCCCC1Nc1ccnc(N2CCCC(n3cncn3)C2)n1. The molecule has 0 aliphatic carbocycles. The van der Waals surface area contributed by atoms with E-state index < -0.39 is 0 Å². The first-order chi connectivity index (χ1) is 13.2. The molecule has 8 nitrogen and oxygen atoms in total. The van der Waals surface area contributed by atoms with E-state index in [1.54, 1.807) is 12.7 Å². The molecule has 2 saturated heterocycles. The minimum atomic E-state index is 0.226. The maximum absolute atomic E-state index is 5.99. The van der Waals surface area contributed by atoms with Crippen LogP contribution >= 0.6 is 0 Å². The second kappa shape index (κ2) is 8.21. The average Bonchev–Trinajstić information content (AvgIpc) is 3.23. The first-order valence-corrected chi connectivity index (χ1v) is 10.0. The smallest absolute Gasteiger partial charge is 0.227 e. The molecule has 27 heavy (non-hydrogen) atoms. The summed E-state index contributed by atoms with van der Waals surface area (Å²) >= 11 is 0. The van der Waals surface area contributed by atoms with Gasteiger partial charge in [0.15, 0.2) is 0 Å². The standard InChI is InChI=1S/C19H29N7O/c1-14(2)18-16(6-4-10-27-18)23-17-7-8-21-19(24-17)25-9-3-5-15(11-25)26-13-20-12-22-26/h7-8,12-16,18H,3-6,9-11H2,1-2H3,(H,21,23,24). The van der Waals surface area contributed by atoms with Crippen LogP contribution in [-0.4, -0.2) is 56.6 Å². The Kier molecular flexibility index (Phi) is 5.52. The Hall–Kier alpha value is -2.22. The van der Waals surface area contributed by atoms with Gasteiger partial charge in [-0.1, -0.05) is 13.8 Å². The monoisotopic (exact) mass is 371 g/mol. The molecule has 8 heteroatoms. The molecule has 0 amide bonds. The predicted octanol–water partition coefficient (Wildman–Crippen LogP) is 2.53. The largest absolute Gasteiger partial charge is 0.376 e. The summed E-state index contributed by atoms with van der Waals surface area (Å²) in [5, 5.41) is 7.90. The van der Waals surface area contributed by atoms with Gasteiger partial charge in [0.25, 0.3) is 0 Å². The molecule has 0 spiro atoms. The van der Waals surface area contributed by atoms with Crippen molar-refractivity contribution in [3.63, 3.8) is 0 Å². The number of nitrogens with zero attached hydrogens (tertiary/aromatic N) is 6. The summed E-state index contributed by atoms with van der Waals surface area (Å²) in [5.41, 5.74) is 0. The Labute approximate surface area is 160 Å². The van der Waals surface area contributed by atoms with Crippen LogP contribution in [-0.2, 0) is 4.74 Å². The second-order valence-electron chi connectivity index (χ2n) is 7.83. The zero-order chi connectivity index (χ0) is 18.6. The summed E-state index contributed by atoms with van der Waals surface area (Å²) in [5.74, 6) is 2.14. The Morgan fingerprint density at radius 2 is 2.19 bits per heavy atom. The highest BCUT2D eigenvalue weighted by Crippen LogP contribution is 2.26. The lowest BCUT2D eigenvalue weighted by Gasteiger charge is -2.35. The van der Waals surface area contributed by atoms with Crippen molar-refractivity contribution in [3.05, 3.63) is 24.9 Å². The molecule has 3 atom stereocenters. The molecule has 0 saturated carbocycles. The average molecular weight is 371 g/mol. The fraction of sp³-hybridized carbons (Fsp3) is 0.684. The molecule has 4 heterocycles. The molecular weight excluding hydrogens is 342 g/mol. The molecule has 0 radical (unpaired) electrons. The van der Waals surface area contributed by atoms with Crippen molar-refractivity contribution in [3.8, 4) is 0 Å². The number of hydrogen-bond donors (Lipinski definition) is 1. The molecule has 0 aromatic carbocycles. The number of nitrogens with one attached hydrogen (secondary N) is 1. The van der Waals surface area contributed by atoms with Gasteiger partial charge in [0.1, 0.15) is 18.5 Å². The van der Waals surface area contributed by atoms with Gasteiger partial charge in [0, 0.05) is 25.9 Å². The van der Waals surface area contributed by atoms with Gasteiger partial charge in [-0.25, -0.2) is 14.6 Å². The lowest BCUT2D eigenvalue weighted by atomic mass is 9.94. The van der Waals surface area contributed by atoms with Gasteiger partial charge in [-0.15, -0.1) is 0 Å². The first kappa shape index (κ1) is 18.2. The van der Waals surface area contributed by atoms with E-state index in [1.807, 2.05) is 16.9 Å². The van der Waals surface area contributed by atoms with E-state index in [1.165, 1.54) is 0 Å². The third kappa shape index (κ3) is 4.21. The van der Waals surface area contributed by atoms with Crippen molar-refractivity contribution < 1.29 is 4.74 Å². The Balaban J connectivity index is 1.45. The van der Waals surface area contributed by atoms with Crippen LogP contribution < -0.4 is 10.2 Å². The fourth-order valence-corrected chi connectivity index (χ4v) is 4.14. The molecule has 146 valence electrons.